The molecule has 3 heterocycles. The Hall–Kier alpha value is -0.610. The van der Waals surface area contributed by atoms with Crippen LogP contribution in [-0.2, 0) is 0 Å². The zero-order valence-electron chi connectivity index (χ0n) is 8.24. The molecule has 2 aromatic heterocycles. The molecule has 0 saturated carbocycles. The minimum Gasteiger partial charge on any atom is -0.356 e. The van der Waals surface area contributed by atoms with Crippen LogP contribution in [0.25, 0.3) is 10.1 Å². The number of fused-ring (bicyclic) bond motifs is 1. The number of pyridine rings is 1. The molecule has 1 aliphatic rings. The van der Waals surface area contributed by atoms with Crippen LogP contribution in [0.3, 0.4) is 0 Å². The number of nitrogens with zero attached hydrogens (tertiary/aromatic N) is 2. The van der Waals surface area contributed by atoms with Crippen LogP contribution in [0.5, 0.6) is 0 Å². The topological polar surface area (TPSA) is 16.1 Å². The zero-order chi connectivity index (χ0) is 10.3. The van der Waals surface area contributed by atoms with Crippen molar-refractivity contribution in [1.82, 2.24) is 4.98 Å². The maximum atomic E-state index is 4.51. The zero-order valence-corrected chi connectivity index (χ0v) is 10.6. The lowest BCUT2D eigenvalue weighted by molar-refractivity contribution is 0.946. The Morgan fingerprint density at radius 3 is 2.93 bits per heavy atom. The fourth-order valence-electron chi connectivity index (χ4n) is 2.10. The third-order valence-electron chi connectivity index (χ3n) is 2.80. The van der Waals surface area contributed by atoms with E-state index in [0.717, 1.165) is 18.9 Å². The summed E-state index contributed by atoms with van der Waals surface area (Å²) in [6, 6.07) is 4.27. The third-order valence-corrected chi connectivity index (χ3v) is 4.40. The SMILES string of the molecule is Brc1cc2c(N3CCCC3)nccc2s1. The van der Waals surface area contributed by atoms with Crippen LogP contribution < -0.4 is 4.90 Å². The van der Waals surface area contributed by atoms with Crippen LogP contribution in [0.15, 0.2) is 22.1 Å². The van der Waals surface area contributed by atoms with Gasteiger partial charge in [-0.1, -0.05) is 0 Å². The number of hydrogen-bond acceptors (Lipinski definition) is 3. The van der Waals surface area contributed by atoms with Crippen molar-refractivity contribution >= 4 is 43.2 Å². The highest BCUT2D eigenvalue weighted by molar-refractivity contribution is 9.11. The molecule has 78 valence electrons. The lowest BCUT2D eigenvalue weighted by atomic mass is 10.3. The van der Waals surface area contributed by atoms with Crippen molar-refractivity contribution in [3.05, 3.63) is 22.1 Å². The second kappa shape index (κ2) is 3.76. The van der Waals surface area contributed by atoms with Crippen molar-refractivity contribution in [2.45, 2.75) is 12.8 Å². The third kappa shape index (κ3) is 1.66. The Labute approximate surface area is 101 Å². The standard InChI is InChI=1S/C11H11BrN2S/c12-10-7-8-9(15-10)3-4-13-11(8)14-5-1-2-6-14/h3-4,7H,1-2,5-6H2. The quantitative estimate of drug-likeness (QED) is 0.794. The first-order valence-electron chi connectivity index (χ1n) is 5.13. The van der Waals surface area contributed by atoms with Crippen LogP contribution >= 0.6 is 27.3 Å². The number of thiophene rings is 1. The highest BCUT2D eigenvalue weighted by atomic mass is 79.9. The molecule has 0 bridgehead atoms. The Kier molecular flexibility index (Phi) is 2.41. The van der Waals surface area contributed by atoms with Crippen LogP contribution in [0.1, 0.15) is 12.8 Å². The molecule has 0 aliphatic carbocycles. The molecule has 0 radical (unpaired) electrons. The molecule has 15 heavy (non-hydrogen) atoms. The summed E-state index contributed by atoms with van der Waals surface area (Å²) in [7, 11) is 0. The van der Waals surface area contributed by atoms with Gasteiger partial charge in [0.1, 0.15) is 5.82 Å². The molecular weight excluding hydrogens is 272 g/mol. The van der Waals surface area contributed by atoms with Crippen molar-refractivity contribution in [2.75, 3.05) is 18.0 Å². The fourth-order valence-corrected chi connectivity index (χ4v) is 3.63. The molecular formula is C11H11BrN2S. The molecule has 0 atom stereocenters. The van der Waals surface area contributed by atoms with E-state index in [1.54, 1.807) is 11.3 Å². The molecule has 0 spiro atoms. The van der Waals surface area contributed by atoms with Crippen molar-refractivity contribution in [3.63, 3.8) is 0 Å². The maximum Gasteiger partial charge on any atom is 0.137 e. The molecule has 4 heteroatoms. The smallest absolute Gasteiger partial charge is 0.137 e. The summed E-state index contributed by atoms with van der Waals surface area (Å²) in [5.74, 6) is 1.16. The normalized spacial score (nSPS) is 16.5. The van der Waals surface area contributed by atoms with E-state index in [2.05, 4.69) is 37.9 Å². The Morgan fingerprint density at radius 2 is 2.13 bits per heavy atom. The van der Waals surface area contributed by atoms with Gasteiger partial charge in [0.2, 0.25) is 0 Å². The number of halogens is 1. The molecule has 0 N–H and O–H groups in total. The molecule has 1 fully saturated rings. The summed E-state index contributed by atoms with van der Waals surface area (Å²) in [5, 5.41) is 1.29. The van der Waals surface area contributed by atoms with Gasteiger partial charge in [-0.05, 0) is 40.9 Å². The highest BCUT2D eigenvalue weighted by Crippen LogP contribution is 2.35. The van der Waals surface area contributed by atoms with E-state index >= 15 is 0 Å². The van der Waals surface area contributed by atoms with E-state index in [-0.39, 0.29) is 0 Å². The Morgan fingerprint density at radius 1 is 1.33 bits per heavy atom. The number of anilines is 1. The van der Waals surface area contributed by atoms with E-state index in [0.29, 0.717) is 0 Å². The summed E-state index contributed by atoms with van der Waals surface area (Å²) >= 11 is 5.31. The van der Waals surface area contributed by atoms with E-state index < -0.39 is 0 Å². The Balaban J connectivity index is 2.16. The maximum absolute atomic E-state index is 4.51. The van der Waals surface area contributed by atoms with Gasteiger partial charge in [0.05, 0.1) is 3.79 Å². The fraction of sp³-hybridized carbons (Fsp3) is 0.364. The van der Waals surface area contributed by atoms with E-state index in [4.69, 9.17) is 0 Å². The van der Waals surface area contributed by atoms with Crippen molar-refractivity contribution < 1.29 is 0 Å². The second-order valence-corrected chi connectivity index (χ2v) is 6.25. The second-order valence-electron chi connectivity index (χ2n) is 3.79. The molecule has 2 nitrogen and oxygen atoms in total. The Bertz CT molecular complexity index is 488. The summed E-state index contributed by atoms with van der Waals surface area (Å²) in [6.07, 6.45) is 4.51. The first-order valence-corrected chi connectivity index (χ1v) is 6.74. The van der Waals surface area contributed by atoms with Crippen LogP contribution in [0.2, 0.25) is 0 Å². The first-order chi connectivity index (χ1) is 7.34. The highest BCUT2D eigenvalue weighted by Gasteiger charge is 2.16. The van der Waals surface area contributed by atoms with Gasteiger partial charge in [-0.25, -0.2) is 4.98 Å². The van der Waals surface area contributed by atoms with Gasteiger partial charge in [0.25, 0.3) is 0 Å². The van der Waals surface area contributed by atoms with Gasteiger partial charge in [-0.15, -0.1) is 11.3 Å². The van der Waals surface area contributed by atoms with Crippen LogP contribution in [0, 0.1) is 0 Å². The first kappa shape index (κ1) is 9.60. The molecule has 3 rings (SSSR count). The summed E-state index contributed by atoms with van der Waals surface area (Å²) < 4.78 is 2.50. The number of aromatic nitrogens is 1. The monoisotopic (exact) mass is 282 g/mol. The average Bonchev–Trinajstić information content (AvgIpc) is 2.82. The number of hydrogen-bond donors (Lipinski definition) is 0. The molecule has 1 saturated heterocycles. The summed E-state index contributed by atoms with van der Waals surface area (Å²) in [6.45, 7) is 2.30. The molecule has 0 amide bonds. The van der Waals surface area contributed by atoms with Crippen molar-refractivity contribution in [2.24, 2.45) is 0 Å². The van der Waals surface area contributed by atoms with Crippen LogP contribution in [0.4, 0.5) is 5.82 Å². The lowest BCUT2D eigenvalue weighted by Gasteiger charge is -2.16. The van der Waals surface area contributed by atoms with Gasteiger partial charge in [-0.2, -0.15) is 0 Å². The van der Waals surface area contributed by atoms with Gasteiger partial charge in [0, 0.05) is 29.4 Å². The van der Waals surface area contributed by atoms with Gasteiger partial charge < -0.3 is 4.90 Å². The summed E-state index contributed by atoms with van der Waals surface area (Å²) in [5.41, 5.74) is 0. The minimum atomic E-state index is 1.15. The molecule has 0 unspecified atom stereocenters. The summed E-state index contributed by atoms with van der Waals surface area (Å²) in [4.78, 5) is 6.90. The predicted octanol–water partition coefficient (Wildman–Crippen LogP) is 3.66. The largest absolute Gasteiger partial charge is 0.356 e. The molecule has 2 aromatic rings. The number of rotatable bonds is 1. The average molecular weight is 283 g/mol. The lowest BCUT2D eigenvalue weighted by Crippen LogP contribution is -2.18. The van der Waals surface area contributed by atoms with E-state index in [9.17, 15) is 0 Å². The van der Waals surface area contributed by atoms with Crippen molar-refractivity contribution in [3.8, 4) is 0 Å². The molecule has 1 aliphatic heterocycles. The van der Waals surface area contributed by atoms with E-state index in [1.165, 1.54) is 26.7 Å². The van der Waals surface area contributed by atoms with Crippen LogP contribution in [-0.4, -0.2) is 18.1 Å². The van der Waals surface area contributed by atoms with Gasteiger partial charge in [-0.3, -0.25) is 0 Å². The van der Waals surface area contributed by atoms with Crippen molar-refractivity contribution in [1.29, 1.82) is 0 Å². The van der Waals surface area contributed by atoms with Gasteiger partial charge >= 0.3 is 0 Å². The van der Waals surface area contributed by atoms with E-state index in [1.807, 2.05) is 6.20 Å². The predicted molar refractivity (Wildman–Crippen MR) is 68.8 cm³/mol. The molecule has 0 aromatic carbocycles. The van der Waals surface area contributed by atoms with Gasteiger partial charge in [0.15, 0.2) is 0 Å². The minimum absolute atomic E-state index is 1.15.